The van der Waals surface area contributed by atoms with Crippen molar-refractivity contribution in [3.8, 4) is 16.8 Å². The molecule has 0 bridgehead atoms. The van der Waals surface area contributed by atoms with E-state index in [2.05, 4.69) is 10.4 Å². The van der Waals surface area contributed by atoms with Crippen molar-refractivity contribution in [2.45, 2.75) is 31.3 Å². The van der Waals surface area contributed by atoms with E-state index in [0.29, 0.717) is 29.1 Å². The van der Waals surface area contributed by atoms with Gasteiger partial charge in [-0.1, -0.05) is 66.2 Å². The third kappa shape index (κ3) is 4.80. The molecule has 0 saturated heterocycles. The van der Waals surface area contributed by atoms with Crippen LogP contribution in [-0.2, 0) is 14.9 Å². The number of aromatic nitrogens is 2. The van der Waals surface area contributed by atoms with Crippen molar-refractivity contribution >= 4 is 29.5 Å². The minimum Gasteiger partial charge on any atom is -0.481 e. The van der Waals surface area contributed by atoms with Crippen molar-refractivity contribution in [2.75, 3.05) is 5.32 Å². The minimum absolute atomic E-state index is 0.149. The third-order valence-electron chi connectivity index (χ3n) is 6.60. The van der Waals surface area contributed by atoms with Gasteiger partial charge in [0, 0.05) is 10.6 Å². The number of carbonyl (C=O) groups excluding carboxylic acids is 1. The summed E-state index contributed by atoms with van der Waals surface area (Å²) in [6.45, 7) is 1.73. The molecule has 1 amide bonds. The molecular formula is C28H23ClFN3O4. The zero-order valence-corrected chi connectivity index (χ0v) is 20.6. The van der Waals surface area contributed by atoms with Gasteiger partial charge in [-0.2, -0.15) is 5.10 Å². The van der Waals surface area contributed by atoms with E-state index in [1.54, 1.807) is 49.4 Å². The summed E-state index contributed by atoms with van der Waals surface area (Å²) in [4.78, 5) is 24.1. The molecule has 0 spiro atoms. The van der Waals surface area contributed by atoms with Crippen LogP contribution in [-0.4, -0.2) is 26.9 Å². The van der Waals surface area contributed by atoms with Crippen molar-refractivity contribution in [3.05, 3.63) is 101 Å². The predicted octanol–water partition coefficient (Wildman–Crippen LogP) is 6.76. The number of hydrogen-bond donors (Lipinski definition) is 2. The van der Waals surface area contributed by atoms with Gasteiger partial charge in [-0.15, -0.1) is 0 Å². The Balaban J connectivity index is 1.33. The van der Waals surface area contributed by atoms with Crippen LogP contribution in [0.2, 0.25) is 5.02 Å². The summed E-state index contributed by atoms with van der Waals surface area (Å²) in [5.74, 6) is -1.70. The smallest absolute Gasteiger partial charge is 0.413 e. The Bertz CT molecular complexity index is 1470. The molecule has 9 heteroatoms. The average molecular weight is 520 g/mol. The molecule has 188 valence electrons. The van der Waals surface area contributed by atoms with Crippen LogP contribution in [0.3, 0.4) is 0 Å². The highest BCUT2D eigenvalue weighted by Gasteiger charge is 2.51. The second-order valence-electron chi connectivity index (χ2n) is 8.96. The summed E-state index contributed by atoms with van der Waals surface area (Å²) in [7, 11) is 0. The monoisotopic (exact) mass is 519 g/mol. The van der Waals surface area contributed by atoms with Gasteiger partial charge in [0.25, 0.3) is 0 Å². The van der Waals surface area contributed by atoms with Crippen molar-refractivity contribution in [1.29, 1.82) is 0 Å². The maximum Gasteiger partial charge on any atom is 0.413 e. The summed E-state index contributed by atoms with van der Waals surface area (Å²) < 4.78 is 21.2. The number of nitrogens with one attached hydrogen (secondary N) is 1. The lowest BCUT2D eigenvalue weighted by atomic mass is 9.93. The maximum absolute atomic E-state index is 14.5. The quantitative estimate of drug-likeness (QED) is 0.281. The van der Waals surface area contributed by atoms with Crippen LogP contribution in [0, 0.1) is 5.82 Å². The van der Waals surface area contributed by atoms with Gasteiger partial charge in [-0.25, -0.2) is 13.9 Å². The van der Waals surface area contributed by atoms with E-state index in [-0.39, 0.29) is 5.82 Å². The second kappa shape index (κ2) is 9.71. The first-order valence-electron chi connectivity index (χ1n) is 11.7. The van der Waals surface area contributed by atoms with Gasteiger partial charge < -0.3 is 9.84 Å². The number of ether oxygens (including phenoxy) is 1. The predicted molar refractivity (Wildman–Crippen MR) is 137 cm³/mol. The molecule has 1 unspecified atom stereocenters. The van der Waals surface area contributed by atoms with Gasteiger partial charge in [0.05, 0.1) is 17.3 Å². The number of rotatable bonds is 7. The zero-order chi connectivity index (χ0) is 26.2. The van der Waals surface area contributed by atoms with E-state index in [0.717, 1.165) is 22.9 Å². The Morgan fingerprint density at radius 3 is 2.43 bits per heavy atom. The Kier molecular flexibility index (Phi) is 6.43. The molecule has 5 rings (SSSR count). The van der Waals surface area contributed by atoms with Gasteiger partial charge in [-0.3, -0.25) is 10.1 Å². The normalized spacial score (nSPS) is 14.6. The molecule has 7 nitrogen and oxygen atoms in total. The van der Waals surface area contributed by atoms with Crippen LogP contribution in [0.5, 0.6) is 0 Å². The van der Waals surface area contributed by atoms with Crippen LogP contribution in [0.1, 0.15) is 37.0 Å². The molecule has 4 aromatic rings. The molecule has 1 saturated carbocycles. The Morgan fingerprint density at radius 1 is 1.11 bits per heavy atom. The summed E-state index contributed by atoms with van der Waals surface area (Å²) in [5.41, 5.74) is 2.71. The Hall–Kier alpha value is -4.17. The van der Waals surface area contributed by atoms with Crippen LogP contribution < -0.4 is 5.32 Å². The first-order valence-corrected chi connectivity index (χ1v) is 12.1. The molecule has 1 aromatic heterocycles. The average Bonchev–Trinajstić information content (AvgIpc) is 3.64. The maximum atomic E-state index is 14.5. The fourth-order valence-electron chi connectivity index (χ4n) is 4.30. The van der Waals surface area contributed by atoms with Gasteiger partial charge in [0.2, 0.25) is 0 Å². The first-order chi connectivity index (χ1) is 17.8. The summed E-state index contributed by atoms with van der Waals surface area (Å²) in [6.07, 6.45) is 0.872. The van der Waals surface area contributed by atoms with E-state index in [1.165, 1.54) is 4.68 Å². The number of anilines is 1. The highest BCUT2D eigenvalue weighted by atomic mass is 35.5. The topological polar surface area (TPSA) is 93.5 Å². The second-order valence-corrected chi connectivity index (χ2v) is 9.37. The molecule has 3 aromatic carbocycles. The SMILES string of the molecule is CC(OC(=O)Nc1c(F)cnn1-c1ccc(-c2ccc(C3(C(=O)O)CC3)cc2Cl)cc1)c1ccccc1. The van der Waals surface area contributed by atoms with Crippen LogP contribution in [0.15, 0.2) is 79.0 Å². The third-order valence-corrected chi connectivity index (χ3v) is 6.91. The largest absolute Gasteiger partial charge is 0.481 e. The van der Waals surface area contributed by atoms with Gasteiger partial charge in [-0.05, 0) is 54.7 Å². The van der Waals surface area contributed by atoms with Crippen LogP contribution >= 0.6 is 11.6 Å². The summed E-state index contributed by atoms with van der Waals surface area (Å²) >= 11 is 6.51. The van der Waals surface area contributed by atoms with E-state index < -0.39 is 29.4 Å². The molecule has 1 heterocycles. The van der Waals surface area contributed by atoms with E-state index in [9.17, 15) is 19.1 Å². The number of amides is 1. The molecule has 1 atom stereocenters. The fraction of sp³-hybridized carbons (Fsp3) is 0.179. The number of benzene rings is 3. The molecular weight excluding hydrogens is 497 g/mol. The van der Waals surface area contributed by atoms with Crippen LogP contribution in [0.25, 0.3) is 16.8 Å². The summed E-state index contributed by atoms with van der Waals surface area (Å²) in [6, 6.07) is 21.5. The highest BCUT2D eigenvalue weighted by Crippen LogP contribution is 2.49. The van der Waals surface area contributed by atoms with E-state index >= 15 is 0 Å². The number of hydrogen-bond acceptors (Lipinski definition) is 4. The van der Waals surface area contributed by atoms with Gasteiger partial charge in [0.1, 0.15) is 6.10 Å². The van der Waals surface area contributed by atoms with Crippen molar-refractivity contribution in [3.63, 3.8) is 0 Å². The van der Waals surface area contributed by atoms with E-state index in [1.807, 2.05) is 30.3 Å². The highest BCUT2D eigenvalue weighted by molar-refractivity contribution is 6.33. The number of aliphatic carboxylic acids is 1. The standard InChI is InChI=1S/C28H23ClFN3O4/c1-17(18-5-3-2-4-6-18)37-27(36)32-25-24(30)16-31-33(25)21-10-7-19(8-11-21)22-12-9-20(15-23(22)29)28(13-14-28)26(34)35/h2-12,15-17H,13-14H2,1H3,(H,32,36)(H,34,35). The Morgan fingerprint density at radius 2 is 1.81 bits per heavy atom. The lowest BCUT2D eigenvalue weighted by Crippen LogP contribution is -2.19. The molecule has 1 aliphatic carbocycles. The van der Waals surface area contributed by atoms with Crippen molar-refractivity contribution < 1.29 is 23.8 Å². The molecule has 0 radical (unpaired) electrons. The van der Waals surface area contributed by atoms with E-state index in [4.69, 9.17) is 16.3 Å². The summed E-state index contributed by atoms with van der Waals surface area (Å²) in [5, 5.41) is 16.5. The van der Waals surface area contributed by atoms with Crippen molar-refractivity contribution in [1.82, 2.24) is 9.78 Å². The fourth-order valence-corrected chi connectivity index (χ4v) is 4.59. The Labute approximate surface area is 217 Å². The molecule has 1 aliphatic rings. The molecule has 2 N–H and O–H groups in total. The van der Waals surface area contributed by atoms with Crippen LogP contribution in [0.4, 0.5) is 15.0 Å². The van der Waals surface area contributed by atoms with Crippen molar-refractivity contribution in [2.24, 2.45) is 0 Å². The number of halogens is 2. The number of nitrogens with zero attached hydrogens (tertiary/aromatic N) is 2. The lowest BCUT2D eigenvalue weighted by Gasteiger charge is -2.15. The zero-order valence-electron chi connectivity index (χ0n) is 19.8. The first kappa shape index (κ1) is 24.5. The molecule has 37 heavy (non-hydrogen) atoms. The molecule has 1 fully saturated rings. The number of carboxylic acids is 1. The van der Waals surface area contributed by atoms with Gasteiger partial charge in [0.15, 0.2) is 11.6 Å². The number of carboxylic acid groups (broad SMARTS) is 1. The minimum atomic E-state index is -0.838. The lowest BCUT2D eigenvalue weighted by molar-refractivity contribution is -0.140. The molecule has 0 aliphatic heterocycles. The van der Waals surface area contributed by atoms with Gasteiger partial charge >= 0.3 is 12.1 Å². The number of carbonyl (C=O) groups is 2.